The number of hydrogen-bond donors (Lipinski definition) is 3. The molecule has 0 bridgehead atoms. The number of anilines is 2. The Kier molecular flexibility index (Phi) is 10.2. The minimum atomic E-state index is -0.501. The molecule has 0 heterocycles. The lowest BCUT2D eigenvalue weighted by Gasteiger charge is -2.14. The van der Waals surface area contributed by atoms with Gasteiger partial charge >= 0.3 is 0 Å². The molecule has 9 heteroatoms. The molecule has 0 aliphatic heterocycles. The first-order valence-corrected chi connectivity index (χ1v) is 14.3. The molecular formula is C32H27Cl2N3O3S. The second-order valence-electron chi connectivity index (χ2n) is 9.12. The fourth-order valence-corrected chi connectivity index (χ4v) is 4.98. The van der Waals surface area contributed by atoms with Crippen molar-refractivity contribution in [3.63, 3.8) is 0 Å². The fraction of sp³-hybridized carbons (Fsp3) is 0.0938. The topological polar surface area (TPSA) is 87.3 Å². The molecule has 0 aliphatic carbocycles. The van der Waals surface area contributed by atoms with Crippen molar-refractivity contribution in [1.82, 2.24) is 5.32 Å². The van der Waals surface area contributed by atoms with Crippen molar-refractivity contribution in [2.75, 3.05) is 10.6 Å². The summed E-state index contributed by atoms with van der Waals surface area (Å²) in [5, 5.41) is 9.13. The van der Waals surface area contributed by atoms with Crippen molar-refractivity contribution >= 4 is 70.1 Å². The van der Waals surface area contributed by atoms with Crippen LogP contribution in [0.25, 0.3) is 6.08 Å². The lowest BCUT2D eigenvalue weighted by Crippen LogP contribution is -2.30. The first kappa shape index (κ1) is 29.9. The quantitative estimate of drug-likeness (QED) is 0.134. The zero-order chi connectivity index (χ0) is 29.4. The van der Waals surface area contributed by atoms with E-state index in [0.717, 1.165) is 10.5 Å². The van der Waals surface area contributed by atoms with Crippen LogP contribution in [0.5, 0.6) is 0 Å². The van der Waals surface area contributed by atoms with Crippen LogP contribution in [0, 0.1) is 6.92 Å². The van der Waals surface area contributed by atoms with E-state index in [4.69, 9.17) is 23.2 Å². The van der Waals surface area contributed by atoms with E-state index in [-0.39, 0.29) is 16.9 Å². The summed E-state index contributed by atoms with van der Waals surface area (Å²) in [6.07, 6.45) is 1.56. The molecule has 0 aromatic heterocycles. The Labute approximate surface area is 253 Å². The Morgan fingerprint density at radius 2 is 1.51 bits per heavy atom. The molecule has 1 unspecified atom stereocenters. The molecule has 0 spiro atoms. The first-order valence-electron chi connectivity index (χ1n) is 12.7. The van der Waals surface area contributed by atoms with E-state index in [1.54, 1.807) is 78.9 Å². The third kappa shape index (κ3) is 8.72. The van der Waals surface area contributed by atoms with Crippen LogP contribution in [0.1, 0.15) is 28.4 Å². The molecule has 0 radical (unpaired) electrons. The molecule has 41 heavy (non-hydrogen) atoms. The van der Waals surface area contributed by atoms with E-state index in [1.807, 2.05) is 38.1 Å². The highest BCUT2D eigenvalue weighted by Crippen LogP contribution is 2.27. The molecular weight excluding hydrogens is 577 g/mol. The molecule has 3 amide bonds. The van der Waals surface area contributed by atoms with Gasteiger partial charge in [0, 0.05) is 31.9 Å². The maximum Gasteiger partial charge on any atom is 0.272 e. The predicted octanol–water partition coefficient (Wildman–Crippen LogP) is 7.83. The van der Waals surface area contributed by atoms with E-state index in [0.29, 0.717) is 32.5 Å². The number of amides is 3. The van der Waals surface area contributed by atoms with Crippen LogP contribution in [0.3, 0.4) is 0 Å². The number of halogens is 2. The number of carbonyl (C=O) groups is 3. The number of hydrogen-bond acceptors (Lipinski definition) is 4. The van der Waals surface area contributed by atoms with Crippen molar-refractivity contribution < 1.29 is 14.4 Å². The van der Waals surface area contributed by atoms with E-state index < -0.39 is 11.8 Å². The van der Waals surface area contributed by atoms with Gasteiger partial charge < -0.3 is 16.0 Å². The molecule has 4 rings (SSSR count). The van der Waals surface area contributed by atoms with E-state index >= 15 is 0 Å². The molecule has 4 aromatic carbocycles. The Hall–Kier alpha value is -4.04. The van der Waals surface area contributed by atoms with Crippen molar-refractivity contribution in [3.05, 3.63) is 129 Å². The minimum Gasteiger partial charge on any atom is -0.325 e. The van der Waals surface area contributed by atoms with Gasteiger partial charge in [0.2, 0.25) is 5.91 Å². The van der Waals surface area contributed by atoms with Crippen molar-refractivity contribution in [1.29, 1.82) is 0 Å². The first-order chi connectivity index (χ1) is 19.7. The molecule has 0 aliphatic rings. The van der Waals surface area contributed by atoms with Crippen LogP contribution in [0.4, 0.5) is 11.4 Å². The minimum absolute atomic E-state index is 0.0566. The number of benzene rings is 4. The van der Waals surface area contributed by atoms with Gasteiger partial charge in [-0.2, -0.15) is 0 Å². The molecule has 3 N–H and O–H groups in total. The average molecular weight is 605 g/mol. The summed E-state index contributed by atoms with van der Waals surface area (Å²) in [4.78, 5) is 39.7. The summed E-state index contributed by atoms with van der Waals surface area (Å²) >= 11 is 13.6. The van der Waals surface area contributed by atoms with Crippen molar-refractivity contribution in [2.45, 2.75) is 24.0 Å². The van der Waals surface area contributed by atoms with Crippen LogP contribution in [-0.4, -0.2) is 23.0 Å². The van der Waals surface area contributed by atoms with Gasteiger partial charge in [-0.3, -0.25) is 14.4 Å². The Morgan fingerprint density at radius 1 is 0.805 bits per heavy atom. The second kappa shape index (κ2) is 14.0. The van der Waals surface area contributed by atoms with Crippen LogP contribution in [-0.2, 0) is 9.59 Å². The Bertz CT molecular complexity index is 1590. The predicted molar refractivity (Wildman–Crippen MR) is 169 cm³/mol. The molecule has 208 valence electrons. The largest absolute Gasteiger partial charge is 0.325 e. The average Bonchev–Trinajstić information content (AvgIpc) is 2.96. The molecule has 0 saturated heterocycles. The van der Waals surface area contributed by atoms with Crippen LogP contribution in [0.15, 0.2) is 108 Å². The lowest BCUT2D eigenvalue weighted by atomic mass is 10.1. The number of carbonyl (C=O) groups excluding carboxylic acids is 3. The van der Waals surface area contributed by atoms with Crippen LogP contribution in [0.2, 0.25) is 10.0 Å². The summed E-state index contributed by atoms with van der Waals surface area (Å²) in [6.45, 7) is 3.72. The molecule has 6 nitrogen and oxygen atoms in total. The normalized spacial score (nSPS) is 11.9. The van der Waals surface area contributed by atoms with Crippen molar-refractivity contribution in [2.24, 2.45) is 0 Å². The zero-order valence-corrected chi connectivity index (χ0v) is 24.6. The summed E-state index contributed by atoms with van der Waals surface area (Å²) in [5.74, 6) is -1.07. The summed E-state index contributed by atoms with van der Waals surface area (Å²) in [6, 6.07) is 28.1. The zero-order valence-electron chi connectivity index (χ0n) is 22.3. The van der Waals surface area contributed by atoms with Gasteiger partial charge in [0.15, 0.2) is 0 Å². The highest BCUT2D eigenvalue weighted by molar-refractivity contribution is 8.00. The van der Waals surface area contributed by atoms with Gasteiger partial charge in [-0.1, -0.05) is 59.6 Å². The summed E-state index contributed by atoms with van der Waals surface area (Å²) < 4.78 is 0. The smallest absolute Gasteiger partial charge is 0.272 e. The molecule has 0 saturated carbocycles. The highest BCUT2D eigenvalue weighted by atomic mass is 35.5. The SMILES string of the molecule is Cc1ccc(Cl)cc1NC(=O)C(C)Sc1ccc(NC(=O)/C(=C/c2cccc(Cl)c2)NC(=O)c2ccccc2)cc1. The van der Waals surface area contributed by atoms with Gasteiger partial charge in [0.1, 0.15) is 5.70 Å². The fourth-order valence-electron chi connectivity index (χ4n) is 3.74. The third-order valence-corrected chi connectivity index (χ3v) is 7.52. The van der Waals surface area contributed by atoms with Crippen LogP contribution < -0.4 is 16.0 Å². The van der Waals surface area contributed by atoms with Gasteiger partial charge in [-0.15, -0.1) is 11.8 Å². The third-order valence-electron chi connectivity index (χ3n) is 5.94. The summed E-state index contributed by atoms with van der Waals surface area (Å²) in [7, 11) is 0. The van der Waals surface area contributed by atoms with E-state index in [2.05, 4.69) is 16.0 Å². The van der Waals surface area contributed by atoms with Gasteiger partial charge in [0.25, 0.3) is 11.8 Å². The number of nitrogens with one attached hydrogen (secondary N) is 3. The molecule has 1 atom stereocenters. The van der Waals surface area contributed by atoms with E-state index in [1.165, 1.54) is 11.8 Å². The number of rotatable bonds is 9. The maximum absolute atomic E-state index is 13.3. The highest BCUT2D eigenvalue weighted by Gasteiger charge is 2.17. The number of aryl methyl sites for hydroxylation is 1. The number of thioether (sulfide) groups is 1. The summed E-state index contributed by atoms with van der Waals surface area (Å²) in [5.41, 5.74) is 3.25. The Balaban J connectivity index is 1.43. The molecule has 0 fully saturated rings. The lowest BCUT2D eigenvalue weighted by molar-refractivity contribution is -0.115. The Morgan fingerprint density at radius 3 is 2.22 bits per heavy atom. The molecule has 4 aromatic rings. The van der Waals surface area contributed by atoms with Crippen molar-refractivity contribution in [3.8, 4) is 0 Å². The van der Waals surface area contributed by atoms with E-state index in [9.17, 15) is 14.4 Å². The van der Waals surface area contributed by atoms with Gasteiger partial charge in [-0.05, 0) is 91.7 Å². The van der Waals surface area contributed by atoms with Crippen LogP contribution >= 0.6 is 35.0 Å². The van der Waals surface area contributed by atoms with Gasteiger partial charge in [0.05, 0.1) is 5.25 Å². The second-order valence-corrected chi connectivity index (χ2v) is 11.4. The standard InChI is InChI=1S/C32H27Cl2N3O3S/c1-20-11-12-25(34)19-28(20)36-30(38)21(2)41-27-15-13-26(14-16-27)35-32(40)29(18-22-7-6-10-24(33)17-22)37-31(39)23-8-4-3-5-9-23/h3-19,21H,1-2H3,(H,35,40)(H,36,38)(H,37,39)/b29-18-. The monoisotopic (exact) mass is 603 g/mol. The van der Waals surface area contributed by atoms with Gasteiger partial charge in [-0.25, -0.2) is 0 Å². The maximum atomic E-state index is 13.3.